The van der Waals surface area contributed by atoms with Gasteiger partial charge < -0.3 is 13.8 Å². The summed E-state index contributed by atoms with van der Waals surface area (Å²) in [5.74, 6) is 0. The fourth-order valence-electron chi connectivity index (χ4n) is 0.616. The van der Waals surface area contributed by atoms with Gasteiger partial charge in [0, 0.05) is 0 Å². The second kappa shape index (κ2) is 3.60. The van der Waals surface area contributed by atoms with Gasteiger partial charge in [-0.3, -0.25) is 0 Å². The highest BCUT2D eigenvalue weighted by atomic mass is 16.7. The van der Waals surface area contributed by atoms with Gasteiger partial charge in [-0.25, -0.2) is 5.16 Å². The summed E-state index contributed by atoms with van der Waals surface area (Å²) >= 11 is 0. The minimum atomic E-state index is -0.188. The Kier molecular flexibility index (Phi) is 2.88. The minimum Gasteiger partial charge on any atom is -0.405 e. The highest BCUT2D eigenvalue weighted by molar-refractivity contribution is 6.19. The summed E-state index contributed by atoms with van der Waals surface area (Å²) in [5, 5.41) is 2.43. The Balaban J connectivity index is 0.000000175. The van der Waals surface area contributed by atoms with Gasteiger partial charge >= 0.3 is 7.69 Å². The van der Waals surface area contributed by atoms with E-state index in [1.54, 1.807) is 12.5 Å². The molecule has 0 spiro atoms. The Hall–Kier alpha value is -0.675. The first-order chi connectivity index (χ1) is 5.96. The number of aromatic nitrogens is 1. The quantitative estimate of drug-likeness (QED) is 0.624. The van der Waals surface area contributed by atoms with Crippen molar-refractivity contribution in [2.75, 3.05) is 0 Å². The molecule has 0 atom stereocenters. The van der Waals surface area contributed by atoms with Gasteiger partial charge in [-0.05, 0) is 27.7 Å². The molecule has 0 unspecified atom stereocenters. The summed E-state index contributed by atoms with van der Waals surface area (Å²) in [5.41, 5.74) is -0.375. The average Bonchev–Trinajstić information content (AvgIpc) is 2.01. The molecule has 4 nitrogen and oxygen atoms in total. The van der Waals surface area contributed by atoms with Gasteiger partial charge in [0.1, 0.15) is 6.26 Å². The van der Waals surface area contributed by atoms with E-state index < -0.39 is 0 Å². The fourth-order valence-corrected chi connectivity index (χ4v) is 0.616. The highest BCUT2D eigenvalue weighted by Gasteiger charge is 2.44. The monoisotopic (exact) mass is 184 g/mol. The molecule has 0 bridgehead atoms. The lowest BCUT2D eigenvalue weighted by Crippen LogP contribution is -2.41. The van der Waals surface area contributed by atoms with Crippen LogP contribution >= 0.6 is 0 Å². The number of H-pyrrole nitrogens is 1. The zero-order valence-corrected chi connectivity index (χ0v) is 8.46. The van der Waals surface area contributed by atoms with E-state index in [4.69, 9.17) is 9.31 Å². The topological polar surface area (TPSA) is 47.4 Å². The molecule has 0 amide bonds. The van der Waals surface area contributed by atoms with Gasteiger partial charge in [-0.15, -0.1) is 0 Å². The first-order valence-electron chi connectivity index (χ1n) is 4.19. The molecule has 1 aromatic heterocycles. The molecule has 2 heterocycles. The van der Waals surface area contributed by atoms with Crippen LogP contribution in [0.3, 0.4) is 0 Å². The summed E-state index contributed by atoms with van der Waals surface area (Å²) in [6.07, 6.45) is 3.28. The molecule has 0 saturated carbocycles. The maximum Gasteiger partial charge on any atom is 0.488 e. The van der Waals surface area contributed by atoms with Crippen LogP contribution in [0.5, 0.6) is 0 Å². The van der Waals surface area contributed by atoms with Crippen LogP contribution in [0.2, 0.25) is 0 Å². The maximum atomic E-state index is 5.21. The van der Waals surface area contributed by atoms with Crippen molar-refractivity contribution in [3.05, 3.63) is 12.5 Å². The normalized spacial score (nSPS) is 23.1. The Morgan fingerprint density at radius 1 is 1.08 bits per heavy atom. The van der Waals surface area contributed by atoms with Gasteiger partial charge in [0.2, 0.25) is 0 Å². The van der Waals surface area contributed by atoms with E-state index in [-0.39, 0.29) is 11.2 Å². The van der Waals surface area contributed by atoms with Crippen molar-refractivity contribution >= 4 is 7.69 Å². The van der Waals surface area contributed by atoms with E-state index in [0.29, 0.717) is 0 Å². The predicted octanol–water partition coefficient (Wildman–Crippen LogP) is 1.73. The number of hydrogen-bond acceptors (Lipinski definition) is 3. The summed E-state index contributed by atoms with van der Waals surface area (Å²) < 4.78 is 14.7. The van der Waals surface area contributed by atoms with E-state index in [2.05, 4.69) is 9.68 Å². The van der Waals surface area contributed by atoms with Crippen LogP contribution in [0.15, 0.2) is 17.0 Å². The van der Waals surface area contributed by atoms with E-state index >= 15 is 0 Å². The van der Waals surface area contributed by atoms with Crippen LogP contribution in [0, 0.1) is 0 Å². The van der Waals surface area contributed by atoms with Crippen molar-refractivity contribution in [3.63, 3.8) is 0 Å². The third-order valence-electron chi connectivity index (χ3n) is 2.41. The molecular formula is C8H15BNO3. The molecule has 0 aromatic carbocycles. The van der Waals surface area contributed by atoms with Crippen molar-refractivity contribution in [1.29, 1.82) is 0 Å². The van der Waals surface area contributed by atoms with Crippen molar-refractivity contribution in [1.82, 2.24) is 5.16 Å². The van der Waals surface area contributed by atoms with Crippen LogP contribution in [-0.4, -0.2) is 24.0 Å². The fraction of sp³-hybridized carbons (Fsp3) is 0.750. The molecule has 1 N–H and O–H groups in total. The van der Waals surface area contributed by atoms with Gasteiger partial charge in [0.15, 0.2) is 0 Å². The predicted molar refractivity (Wildman–Crippen MR) is 49.1 cm³/mol. The maximum absolute atomic E-state index is 5.21. The molecule has 0 aliphatic carbocycles. The van der Waals surface area contributed by atoms with E-state index in [1.807, 2.05) is 27.7 Å². The van der Waals surface area contributed by atoms with Crippen molar-refractivity contribution in [2.45, 2.75) is 38.9 Å². The smallest absolute Gasteiger partial charge is 0.405 e. The lowest BCUT2D eigenvalue weighted by atomic mass is 9.90. The molecular weight excluding hydrogens is 169 g/mol. The number of nitrogens with one attached hydrogen (secondary N) is 1. The molecule has 1 aliphatic rings. The number of aromatic amines is 1. The second-order valence-corrected chi connectivity index (χ2v) is 3.89. The molecule has 2 rings (SSSR count). The van der Waals surface area contributed by atoms with E-state index in [9.17, 15) is 0 Å². The van der Waals surface area contributed by atoms with E-state index in [1.165, 1.54) is 7.69 Å². The van der Waals surface area contributed by atoms with Gasteiger partial charge in [0.05, 0.1) is 17.4 Å². The Bertz CT molecular complexity index is 206. The summed E-state index contributed by atoms with van der Waals surface area (Å²) in [6, 6.07) is 0. The Morgan fingerprint density at radius 3 is 1.46 bits per heavy atom. The largest absolute Gasteiger partial charge is 0.488 e. The van der Waals surface area contributed by atoms with Crippen LogP contribution in [-0.2, 0) is 9.31 Å². The third-order valence-corrected chi connectivity index (χ3v) is 2.41. The van der Waals surface area contributed by atoms with Crippen molar-refractivity contribution in [3.8, 4) is 0 Å². The number of hydrogen-bond donors (Lipinski definition) is 1. The van der Waals surface area contributed by atoms with Crippen LogP contribution < -0.4 is 0 Å². The molecule has 5 heteroatoms. The third kappa shape index (κ3) is 2.38. The SMILES string of the molecule is CC1(C)O[B]OC1(C)C.c1co[nH]1. The van der Waals surface area contributed by atoms with Crippen molar-refractivity contribution in [2.24, 2.45) is 0 Å². The minimum absolute atomic E-state index is 0.187. The van der Waals surface area contributed by atoms with Crippen LogP contribution in [0.4, 0.5) is 0 Å². The van der Waals surface area contributed by atoms with Gasteiger partial charge in [-0.2, -0.15) is 0 Å². The average molecular weight is 184 g/mol. The first kappa shape index (κ1) is 10.4. The highest BCUT2D eigenvalue weighted by Crippen LogP contribution is 2.33. The molecule has 1 fully saturated rings. The lowest BCUT2D eigenvalue weighted by Gasteiger charge is -2.32. The molecule has 1 aromatic rings. The molecule has 1 saturated heterocycles. The molecule has 73 valence electrons. The van der Waals surface area contributed by atoms with Crippen molar-refractivity contribution < 1.29 is 13.8 Å². The Morgan fingerprint density at radius 2 is 1.38 bits per heavy atom. The van der Waals surface area contributed by atoms with Gasteiger partial charge in [0.25, 0.3) is 0 Å². The zero-order chi connectivity index (χ0) is 9.95. The zero-order valence-electron chi connectivity index (χ0n) is 8.46. The van der Waals surface area contributed by atoms with E-state index in [0.717, 1.165) is 0 Å². The van der Waals surface area contributed by atoms with Crippen LogP contribution in [0.1, 0.15) is 27.7 Å². The standard InChI is InChI=1S/C6H12BO2.C2H3NO/c1-5(2)6(3,4)9-7-8-5;1-2-4-3-1/h1-4H3;1-3H. The molecule has 13 heavy (non-hydrogen) atoms. The summed E-state index contributed by atoms with van der Waals surface area (Å²) in [4.78, 5) is 0. The summed E-state index contributed by atoms with van der Waals surface area (Å²) in [7, 11) is 1.42. The Labute approximate surface area is 78.9 Å². The molecule has 1 radical (unpaired) electrons. The lowest BCUT2D eigenvalue weighted by molar-refractivity contribution is 0.00578. The second-order valence-electron chi connectivity index (χ2n) is 3.89. The number of rotatable bonds is 0. The first-order valence-corrected chi connectivity index (χ1v) is 4.19. The van der Waals surface area contributed by atoms with Gasteiger partial charge in [-0.1, -0.05) is 0 Å². The molecule has 1 aliphatic heterocycles. The van der Waals surface area contributed by atoms with Crippen LogP contribution in [0.25, 0.3) is 0 Å². The summed E-state index contributed by atoms with van der Waals surface area (Å²) in [6.45, 7) is 8.04.